The molecule has 21 heavy (non-hydrogen) atoms. The van der Waals surface area contributed by atoms with Gasteiger partial charge in [0.25, 0.3) is 5.56 Å². The van der Waals surface area contributed by atoms with E-state index in [0.717, 1.165) is 4.57 Å². The maximum absolute atomic E-state index is 12.2. The molecule has 0 aliphatic heterocycles. The lowest BCUT2D eigenvalue weighted by atomic mass is 10.2. The van der Waals surface area contributed by atoms with Crippen molar-refractivity contribution >= 4 is 23.3 Å². The van der Waals surface area contributed by atoms with Crippen molar-refractivity contribution in [3.05, 3.63) is 45.1 Å². The molecule has 0 fully saturated rings. The van der Waals surface area contributed by atoms with Crippen LogP contribution in [0, 0.1) is 11.8 Å². The van der Waals surface area contributed by atoms with Gasteiger partial charge in [-0.3, -0.25) is 18.8 Å². The summed E-state index contributed by atoms with van der Waals surface area (Å²) in [5, 5.41) is 0.531. The lowest BCUT2D eigenvalue weighted by molar-refractivity contribution is 0.463. The smallest absolute Gasteiger partial charge is 0.299 e. The van der Waals surface area contributed by atoms with Gasteiger partial charge < -0.3 is 0 Å². The van der Waals surface area contributed by atoms with Crippen molar-refractivity contribution in [1.29, 1.82) is 0 Å². The van der Waals surface area contributed by atoms with E-state index in [9.17, 15) is 9.59 Å². The van der Waals surface area contributed by atoms with Crippen LogP contribution >= 0.6 is 12.4 Å². The fourth-order valence-corrected chi connectivity index (χ4v) is 1.94. The normalized spacial score (nSPS) is 10.1. The molecule has 1 heterocycles. The van der Waals surface area contributed by atoms with Crippen molar-refractivity contribution in [3.63, 3.8) is 0 Å². The largest absolute Gasteiger partial charge is 0.332 e. The summed E-state index contributed by atoms with van der Waals surface area (Å²) in [7, 11) is 5.35. The van der Waals surface area contributed by atoms with Crippen molar-refractivity contribution in [2.45, 2.75) is 6.54 Å². The molecule has 0 unspecified atom stereocenters. The van der Waals surface area contributed by atoms with Crippen LogP contribution in [0.2, 0.25) is 0 Å². The third-order valence-electron chi connectivity index (χ3n) is 3.01. The molecule has 0 N–H and O–H groups in total. The first-order valence-electron chi connectivity index (χ1n) is 6.31. The van der Waals surface area contributed by atoms with E-state index in [0.29, 0.717) is 17.4 Å². The van der Waals surface area contributed by atoms with Gasteiger partial charge in [0.2, 0.25) is 0 Å². The van der Waals surface area contributed by atoms with Crippen molar-refractivity contribution in [3.8, 4) is 11.8 Å². The summed E-state index contributed by atoms with van der Waals surface area (Å²) in [6.07, 6.45) is 0. The minimum atomic E-state index is -0.340. The van der Waals surface area contributed by atoms with Gasteiger partial charge in [0.1, 0.15) is 0 Å². The minimum Gasteiger partial charge on any atom is -0.299 e. The zero-order chi connectivity index (χ0) is 14.7. The molecular formula is C15H18ClN3O2. The average molecular weight is 308 g/mol. The molecule has 0 bridgehead atoms. The van der Waals surface area contributed by atoms with E-state index in [4.69, 9.17) is 0 Å². The van der Waals surface area contributed by atoms with Crippen LogP contribution < -0.4 is 11.2 Å². The van der Waals surface area contributed by atoms with Gasteiger partial charge in [-0.05, 0) is 26.2 Å². The number of halogens is 1. The van der Waals surface area contributed by atoms with E-state index in [2.05, 4.69) is 11.8 Å². The molecule has 2 rings (SSSR count). The van der Waals surface area contributed by atoms with E-state index in [-0.39, 0.29) is 30.2 Å². The Morgan fingerprint density at radius 3 is 2.48 bits per heavy atom. The predicted molar refractivity (Wildman–Crippen MR) is 87.0 cm³/mol. The second-order valence-corrected chi connectivity index (χ2v) is 4.84. The summed E-state index contributed by atoms with van der Waals surface area (Å²) in [5.41, 5.74) is 0.00991. The molecule has 0 aliphatic rings. The Bertz CT molecular complexity index is 809. The van der Waals surface area contributed by atoms with Crippen LogP contribution in [0.5, 0.6) is 0 Å². The van der Waals surface area contributed by atoms with Gasteiger partial charge in [-0.15, -0.1) is 12.4 Å². The van der Waals surface area contributed by atoms with E-state index in [1.165, 1.54) is 11.6 Å². The average Bonchev–Trinajstić information content (AvgIpc) is 2.44. The summed E-state index contributed by atoms with van der Waals surface area (Å²) in [6.45, 7) is 0.916. The summed E-state index contributed by atoms with van der Waals surface area (Å²) >= 11 is 0. The fraction of sp³-hybridized carbons (Fsp3) is 0.333. The van der Waals surface area contributed by atoms with Gasteiger partial charge in [0.05, 0.1) is 24.0 Å². The Labute approximate surface area is 129 Å². The van der Waals surface area contributed by atoms with Gasteiger partial charge in [0, 0.05) is 7.05 Å². The molecule has 0 amide bonds. The highest BCUT2D eigenvalue weighted by Gasteiger charge is 2.08. The maximum atomic E-state index is 12.2. The Hall–Kier alpha value is -2.03. The van der Waals surface area contributed by atoms with E-state index in [1.54, 1.807) is 18.2 Å². The fourth-order valence-electron chi connectivity index (χ4n) is 1.94. The summed E-state index contributed by atoms with van der Waals surface area (Å²) < 4.78 is 2.65. The summed E-state index contributed by atoms with van der Waals surface area (Å²) in [4.78, 5) is 26.2. The molecule has 1 aromatic carbocycles. The summed E-state index contributed by atoms with van der Waals surface area (Å²) in [6, 6.07) is 7.09. The van der Waals surface area contributed by atoms with Crippen LogP contribution in [-0.2, 0) is 13.6 Å². The molecular weight excluding hydrogens is 290 g/mol. The van der Waals surface area contributed by atoms with Crippen LogP contribution in [0.25, 0.3) is 10.9 Å². The lowest BCUT2D eigenvalue weighted by Gasteiger charge is -2.09. The zero-order valence-corrected chi connectivity index (χ0v) is 13.1. The first kappa shape index (κ1) is 17.0. The van der Waals surface area contributed by atoms with Gasteiger partial charge in [0.15, 0.2) is 0 Å². The third-order valence-corrected chi connectivity index (χ3v) is 3.01. The molecule has 5 nitrogen and oxygen atoms in total. The van der Waals surface area contributed by atoms with Crippen LogP contribution in [0.15, 0.2) is 33.9 Å². The van der Waals surface area contributed by atoms with Crippen LogP contribution in [0.3, 0.4) is 0 Å². The molecule has 2 aromatic rings. The van der Waals surface area contributed by atoms with Crippen LogP contribution in [-0.4, -0.2) is 34.7 Å². The topological polar surface area (TPSA) is 47.2 Å². The first-order chi connectivity index (χ1) is 9.52. The molecule has 0 saturated heterocycles. The Balaban J connectivity index is 0.00000220. The van der Waals surface area contributed by atoms with Crippen molar-refractivity contribution < 1.29 is 0 Å². The molecule has 0 aliphatic carbocycles. The highest BCUT2D eigenvalue weighted by atomic mass is 35.5. The zero-order valence-electron chi connectivity index (χ0n) is 12.3. The third kappa shape index (κ3) is 3.54. The first-order valence-corrected chi connectivity index (χ1v) is 6.31. The standard InChI is InChI=1S/C15H17N3O2.ClH/c1-16(2)10-6-7-11-18-13-9-5-4-8-12(13)14(19)17(3)15(18)20;/h4-5,8-9H,10-11H2,1-3H3;1H. The highest BCUT2D eigenvalue weighted by Crippen LogP contribution is 2.06. The van der Waals surface area contributed by atoms with Crippen molar-refractivity contribution in [2.24, 2.45) is 7.05 Å². The summed E-state index contributed by atoms with van der Waals surface area (Å²) in [5.74, 6) is 5.96. The SMILES string of the molecule is CN(C)CC#CCn1c(=O)n(C)c(=O)c2ccccc21.Cl. The number of benzene rings is 1. The van der Waals surface area contributed by atoms with E-state index < -0.39 is 0 Å². The molecule has 0 spiro atoms. The van der Waals surface area contributed by atoms with E-state index >= 15 is 0 Å². The van der Waals surface area contributed by atoms with Crippen molar-refractivity contribution in [1.82, 2.24) is 14.0 Å². The molecule has 1 aromatic heterocycles. The predicted octanol–water partition coefficient (Wildman–Crippen LogP) is 0.687. The number of hydrogen-bond acceptors (Lipinski definition) is 3. The quantitative estimate of drug-likeness (QED) is 0.767. The van der Waals surface area contributed by atoms with Crippen molar-refractivity contribution in [2.75, 3.05) is 20.6 Å². The van der Waals surface area contributed by atoms with Gasteiger partial charge in [-0.2, -0.15) is 0 Å². The second kappa shape index (κ2) is 7.11. The van der Waals surface area contributed by atoms with E-state index in [1.807, 2.05) is 25.1 Å². The Kier molecular flexibility index (Phi) is 5.77. The van der Waals surface area contributed by atoms with Gasteiger partial charge in [-0.1, -0.05) is 24.0 Å². The van der Waals surface area contributed by atoms with Crippen LogP contribution in [0.4, 0.5) is 0 Å². The number of rotatable bonds is 2. The number of para-hydroxylation sites is 1. The Morgan fingerprint density at radius 2 is 1.81 bits per heavy atom. The number of aromatic nitrogens is 2. The van der Waals surface area contributed by atoms with Crippen LogP contribution in [0.1, 0.15) is 0 Å². The molecule has 112 valence electrons. The highest BCUT2D eigenvalue weighted by molar-refractivity contribution is 5.85. The molecule has 0 saturated carbocycles. The molecule has 6 heteroatoms. The molecule has 0 atom stereocenters. The minimum absolute atomic E-state index is 0. The Morgan fingerprint density at radius 1 is 1.14 bits per heavy atom. The van der Waals surface area contributed by atoms with Gasteiger partial charge in [-0.25, -0.2) is 4.79 Å². The second-order valence-electron chi connectivity index (χ2n) is 4.84. The monoisotopic (exact) mass is 307 g/mol. The van der Waals surface area contributed by atoms with Gasteiger partial charge >= 0.3 is 5.69 Å². The molecule has 0 radical (unpaired) electrons. The number of fused-ring (bicyclic) bond motifs is 1. The number of nitrogens with zero attached hydrogens (tertiary/aromatic N) is 3. The number of hydrogen-bond donors (Lipinski definition) is 0. The maximum Gasteiger partial charge on any atom is 0.332 e. The lowest BCUT2D eigenvalue weighted by Crippen LogP contribution is -2.38.